The zero-order valence-electron chi connectivity index (χ0n) is 13.9. The van der Waals surface area contributed by atoms with E-state index in [-0.39, 0.29) is 5.82 Å². The number of ether oxygens (including phenoxy) is 1. The maximum absolute atomic E-state index is 14.4. The molecule has 2 aliphatic rings. The largest absolute Gasteiger partial charge is 0.383 e. The molecule has 10 heteroatoms. The zero-order valence-corrected chi connectivity index (χ0v) is 13.9. The molecule has 0 saturated carbocycles. The lowest BCUT2D eigenvalue weighted by molar-refractivity contribution is -0.119. The number of alkyl halides is 2. The Hall–Kier alpha value is -2.46. The molecular weight excluding hydrogens is 346 g/mol. The fourth-order valence-electron chi connectivity index (χ4n) is 3.46. The lowest BCUT2D eigenvalue weighted by atomic mass is 10.1. The normalized spacial score (nSPS) is 25.2. The zero-order chi connectivity index (χ0) is 18.3. The van der Waals surface area contributed by atoms with E-state index in [9.17, 15) is 13.6 Å². The third-order valence-corrected chi connectivity index (χ3v) is 4.70. The number of anilines is 1. The quantitative estimate of drug-likeness (QED) is 0.851. The summed E-state index contributed by atoms with van der Waals surface area (Å²) in [6.45, 7) is 1.63. The fourth-order valence-corrected chi connectivity index (χ4v) is 3.46. The average molecular weight is 364 g/mol. The SMILES string of the molecule is Nc1ccn(C2OC(CN3CCc4cncnc4C3)CC2(F)F)c(=O)n1. The Labute approximate surface area is 147 Å². The van der Waals surface area contributed by atoms with Gasteiger partial charge in [-0.25, -0.2) is 23.5 Å². The Kier molecular flexibility index (Phi) is 4.16. The Bertz CT molecular complexity index is 874. The Balaban J connectivity index is 1.47. The highest BCUT2D eigenvalue weighted by molar-refractivity contribution is 5.23. The molecule has 1 fully saturated rings. The highest BCUT2D eigenvalue weighted by Gasteiger charge is 2.52. The van der Waals surface area contributed by atoms with Crippen LogP contribution in [0.1, 0.15) is 23.9 Å². The molecule has 2 atom stereocenters. The highest BCUT2D eigenvalue weighted by atomic mass is 19.3. The van der Waals surface area contributed by atoms with Crippen LogP contribution in [0.15, 0.2) is 29.6 Å². The minimum Gasteiger partial charge on any atom is -0.383 e. The number of hydrogen-bond acceptors (Lipinski definition) is 7. The van der Waals surface area contributed by atoms with Crippen LogP contribution in [0.4, 0.5) is 14.6 Å². The first-order valence-corrected chi connectivity index (χ1v) is 8.30. The van der Waals surface area contributed by atoms with Gasteiger partial charge in [0.25, 0.3) is 5.92 Å². The molecule has 0 spiro atoms. The van der Waals surface area contributed by atoms with Gasteiger partial charge in [0.2, 0.25) is 6.23 Å². The molecule has 26 heavy (non-hydrogen) atoms. The van der Waals surface area contributed by atoms with Crippen molar-refractivity contribution in [3.8, 4) is 0 Å². The molecule has 0 aliphatic carbocycles. The van der Waals surface area contributed by atoms with Crippen LogP contribution in [0, 0.1) is 0 Å². The molecule has 4 heterocycles. The first-order chi connectivity index (χ1) is 12.4. The third-order valence-electron chi connectivity index (χ3n) is 4.70. The van der Waals surface area contributed by atoms with Crippen LogP contribution in [0.25, 0.3) is 0 Å². The minimum absolute atomic E-state index is 0.0157. The number of fused-ring (bicyclic) bond motifs is 1. The highest BCUT2D eigenvalue weighted by Crippen LogP contribution is 2.42. The minimum atomic E-state index is -3.16. The molecule has 2 aliphatic heterocycles. The van der Waals surface area contributed by atoms with Gasteiger partial charge in [-0.3, -0.25) is 9.47 Å². The van der Waals surface area contributed by atoms with Gasteiger partial charge < -0.3 is 10.5 Å². The molecule has 0 bridgehead atoms. The van der Waals surface area contributed by atoms with Gasteiger partial charge in [0.05, 0.1) is 11.8 Å². The van der Waals surface area contributed by atoms with Crippen molar-refractivity contribution in [2.75, 3.05) is 18.8 Å². The topological polar surface area (TPSA) is 99.2 Å². The number of rotatable bonds is 3. The van der Waals surface area contributed by atoms with Crippen molar-refractivity contribution in [3.63, 3.8) is 0 Å². The van der Waals surface area contributed by atoms with Gasteiger partial charge in [0, 0.05) is 38.4 Å². The van der Waals surface area contributed by atoms with Gasteiger partial charge in [-0.1, -0.05) is 0 Å². The van der Waals surface area contributed by atoms with Crippen molar-refractivity contribution in [3.05, 3.63) is 46.5 Å². The number of nitrogens with zero attached hydrogens (tertiary/aromatic N) is 5. The van der Waals surface area contributed by atoms with E-state index in [0.717, 1.165) is 28.8 Å². The van der Waals surface area contributed by atoms with Crippen LogP contribution in [-0.2, 0) is 17.7 Å². The molecule has 0 amide bonds. The number of nitrogens with two attached hydrogens (primary N) is 1. The van der Waals surface area contributed by atoms with Crippen LogP contribution in [0.2, 0.25) is 0 Å². The molecule has 1 saturated heterocycles. The maximum Gasteiger partial charge on any atom is 0.351 e. The summed E-state index contributed by atoms with van der Waals surface area (Å²) in [4.78, 5) is 25.7. The van der Waals surface area contributed by atoms with E-state index in [0.29, 0.717) is 13.1 Å². The number of aromatic nitrogens is 4. The molecule has 138 valence electrons. The molecule has 2 aromatic heterocycles. The predicted molar refractivity (Wildman–Crippen MR) is 87.4 cm³/mol. The molecule has 0 aromatic carbocycles. The van der Waals surface area contributed by atoms with Crippen molar-refractivity contribution in [2.45, 2.75) is 37.6 Å². The van der Waals surface area contributed by atoms with Crippen LogP contribution in [0.5, 0.6) is 0 Å². The van der Waals surface area contributed by atoms with Crippen LogP contribution in [0.3, 0.4) is 0 Å². The van der Waals surface area contributed by atoms with Gasteiger partial charge >= 0.3 is 5.69 Å². The van der Waals surface area contributed by atoms with Crippen molar-refractivity contribution in [2.24, 2.45) is 0 Å². The van der Waals surface area contributed by atoms with Crippen LogP contribution < -0.4 is 11.4 Å². The molecule has 0 radical (unpaired) electrons. The van der Waals surface area contributed by atoms with Gasteiger partial charge in [-0.2, -0.15) is 4.98 Å². The fraction of sp³-hybridized carbons (Fsp3) is 0.500. The second-order valence-corrected chi connectivity index (χ2v) is 6.60. The van der Waals surface area contributed by atoms with Crippen molar-refractivity contribution >= 4 is 5.82 Å². The van der Waals surface area contributed by atoms with Crippen molar-refractivity contribution in [1.29, 1.82) is 0 Å². The van der Waals surface area contributed by atoms with E-state index >= 15 is 0 Å². The summed E-state index contributed by atoms with van der Waals surface area (Å²) in [6.07, 6.45) is 2.41. The van der Waals surface area contributed by atoms with Gasteiger partial charge in [0.15, 0.2) is 0 Å². The van der Waals surface area contributed by atoms with Crippen molar-refractivity contribution in [1.82, 2.24) is 24.4 Å². The summed E-state index contributed by atoms with van der Waals surface area (Å²) in [5.74, 6) is -3.18. The summed E-state index contributed by atoms with van der Waals surface area (Å²) in [5.41, 5.74) is 6.56. The predicted octanol–water partition coefficient (Wildman–Crippen LogP) is 0.597. The lowest BCUT2D eigenvalue weighted by Gasteiger charge is -2.29. The summed E-state index contributed by atoms with van der Waals surface area (Å²) in [7, 11) is 0. The van der Waals surface area contributed by atoms with E-state index < -0.39 is 30.4 Å². The van der Waals surface area contributed by atoms with Gasteiger partial charge in [0.1, 0.15) is 12.1 Å². The second-order valence-electron chi connectivity index (χ2n) is 6.60. The summed E-state index contributed by atoms with van der Waals surface area (Å²) in [6, 6.07) is 1.30. The molecule has 4 rings (SSSR count). The Morgan fingerprint density at radius 3 is 3.08 bits per heavy atom. The number of hydrogen-bond donors (Lipinski definition) is 1. The first kappa shape index (κ1) is 17.0. The lowest BCUT2D eigenvalue weighted by Crippen LogP contribution is -2.37. The summed E-state index contributed by atoms with van der Waals surface area (Å²) >= 11 is 0. The Morgan fingerprint density at radius 2 is 2.27 bits per heavy atom. The average Bonchev–Trinajstić information content (AvgIpc) is 2.89. The smallest absolute Gasteiger partial charge is 0.351 e. The second kappa shape index (κ2) is 6.36. The molecular formula is C16H18F2N6O2. The molecule has 2 N–H and O–H groups in total. The standard InChI is InChI=1S/C16H18F2N6O2/c17-16(18)5-11(26-14(16)24-4-2-13(19)22-15(24)25)7-23-3-1-10-6-20-9-21-12(10)8-23/h2,4,6,9,11,14H,1,3,5,7-8H2,(H2,19,22,25). The van der Waals surface area contributed by atoms with E-state index in [1.165, 1.54) is 18.6 Å². The van der Waals surface area contributed by atoms with Gasteiger partial charge in [-0.15, -0.1) is 0 Å². The van der Waals surface area contributed by atoms with E-state index in [4.69, 9.17) is 10.5 Å². The first-order valence-electron chi connectivity index (χ1n) is 8.30. The van der Waals surface area contributed by atoms with Crippen LogP contribution in [-0.4, -0.2) is 49.5 Å². The van der Waals surface area contributed by atoms with Gasteiger partial charge in [-0.05, 0) is 18.1 Å². The summed E-state index contributed by atoms with van der Waals surface area (Å²) in [5, 5.41) is 0. The maximum atomic E-state index is 14.4. The monoisotopic (exact) mass is 364 g/mol. The van der Waals surface area contributed by atoms with E-state index in [1.54, 1.807) is 6.20 Å². The van der Waals surface area contributed by atoms with Crippen molar-refractivity contribution < 1.29 is 13.5 Å². The molecule has 8 nitrogen and oxygen atoms in total. The van der Waals surface area contributed by atoms with E-state index in [1.807, 2.05) is 4.90 Å². The van der Waals surface area contributed by atoms with Crippen LogP contribution >= 0.6 is 0 Å². The third kappa shape index (κ3) is 3.17. The van der Waals surface area contributed by atoms with E-state index in [2.05, 4.69) is 15.0 Å². The molecule has 2 unspecified atom stereocenters. The number of nitrogen functional groups attached to an aromatic ring is 1. The Morgan fingerprint density at radius 1 is 1.42 bits per heavy atom. The number of halogens is 2. The molecule has 2 aromatic rings. The summed E-state index contributed by atoms with van der Waals surface area (Å²) < 4.78 is 35.2.